The molecule has 0 bridgehead atoms. The van der Waals surface area contributed by atoms with Gasteiger partial charge in [0, 0.05) is 18.0 Å². The third-order valence-corrected chi connectivity index (χ3v) is 9.48. The van der Waals surface area contributed by atoms with Crippen LogP contribution >= 0.6 is 11.8 Å². The van der Waals surface area contributed by atoms with Crippen molar-refractivity contribution in [1.82, 2.24) is 10.2 Å². The Balaban J connectivity index is 1.98. The van der Waals surface area contributed by atoms with Gasteiger partial charge in [0.1, 0.15) is 12.6 Å². The normalized spacial score (nSPS) is 12.0. The Hall–Kier alpha value is -3.30. The van der Waals surface area contributed by atoms with Gasteiger partial charge in [-0.25, -0.2) is 8.42 Å². The number of aryl methyl sites for hydroxylation is 1. The van der Waals surface area contributed by atoms with E-state index in [-0.39, 0.29) is 17.3 Å². The summed E-state index contributed by atoms with van der Waals surface area (Å²) in [4.78, 5) is 29.9. The molecule has 0 radical (unpaired) electrons. The minimum absolute atomic E-state index is 0.101. The molecule has 0 heterocycles. The Morgan fingerprint density at radius 3 is 2.17 bits per heavy atom. The van der Waals surface area contributed by atoms with Gasteiger partial charge in [-0.1, -0.05) is 68.3 Å². The molecule has 1 atom stereocenters. The van der Waals surface area contributed by atoms with Crippen LogP contribution < -0.4 is 9.62 Å². The SMILES string of the molecule is CCCCNC(=O)[C@@H](CC)N(CCc1ccccc1)C(=O)CN(c1ccc(C)cc1)S(=O)(=O)c1ccc(SC)cc1. The summed E-state index contributed by atoms with van der Waals surface area (Å²) >= 11 is 1.52. The number of unbranched alkanes of at least 4 members (excludes halogenated alkanes) is 1. The number of nitrogens with one attached hydrogen (secondary N) is 1. The van der Waals surface area contributed by atoms with E-state index in [1.807, 2.05) is 69.5 Å². The van der Waals surface area contributed by atoms with Crippen molar-refractivity contribution < 1.29 is 18.0 Å². The average Bonchev–Trinajstić information content (AvgIpc) is 2.99. The standard InChI is InChI=1S/C32H41N3O4S2/c1-5-7-22-33-32(37)30(6-2)34(23-21-26-11-9-8-10-12-26)31(36)24-35(27-15-13-25(3)14-16-27)41(38,39)29-19-17-28(40-4)18-20-29/h8-20,30H,5-7,21-24H2,1-4H3,(H,33,37)/t30-/m1/s1. The van der Waals surface area contributed by atoms with Gasteiger partial charge in [-0.2, -0.15) is 0 Å². The van der Waals surface area contributed by atoms with Crippen LogP contribution in [0.2, 0.25) is 0 Å². The van der Waals surface area contributed by atoms with Crippen LogP contribution in [0.25, 0.3) is 0 Å². The molecule has 9 heteroatoms. The number of rotatable bonds is 15. The highest BCUT2D eigenvalue weighted by Crippen LogP contribution is 2.26. The molecule has 0 saturated carbocycles. The molecule has 3 rings (SSSR count). The van der Waals surface area contributed by atoms with Crippen LogP contribution in [0.15, 0.2) is 88.7 Å². The van der Waals surface area contributed by atoms with Crippen LogP contribution in [0.1, 0.15) is 44.2 Å². The van der Waals surface area contributed by atoms with E-state index in [0.29, 0.717) is 25.1 Å². The molecule has 0 unspecified atom stereocenters. The summed E-state index contributed by atoms with van der Waals surface area (Å²) in [7, 11) is -4.08. The summed E-state index contributed by atoms with van der Waals surface area (Å²) in [6.07, 6.45) is 4.65. The van der Waals surface area contributed by atoms with Crippen LogP contribution in [-0.4, -0.2) is 57.1 Å². The number of carbonyl (C=O) groups excluding carboxylic acids is 2. The van der Waals surface area contributed by atoms with E-state index in [1.54, 1.807) is 41.3 Å². The van der Waals surface area contributed by atoms with Crippen LogP contribution in [0.4, 0.5) is 5.69 Å². The van der Waals surface area contributed by atoms with E-state index in [2.05, 4.69) is 5.32 Å². The predicted molar refractivity (Wildman–Crippen MR) is 168 cm³/mol. The Kier molecular flexibility index (Phi) is 12.3. The van der Waals surface area contributed by atoms with Crippen LogP contribution in [-0.2, 0) is 26.0 Å². The van der Waals surface area contributed by atoms with Gasteiger partial charge < -0.3 is 10.2 Å². The average molecular weight is 596 g/mol. The topological polar surface area (TPSA) is 86.8 Å². The quantitative estimate of drug-likeness (QED) is 0.181. The minimum atomic E-state index is -4.08. The fraction of sp³-hybridized carbons (Fsp3) is 0.375. The van der Waals surface area contributed by atoms with Gasteiger partial charge in [-0.05, 0) is 74.4 Å². The van der Waals surface area contributed by atoms with Gasteiger partial charge in [0.2, 0.25) is 11.8 Å². The highest BCUT2D eigenvalue weighted by atomic mass is 32.2. The molecule has 0 aliphatic rings. The van der Waals surface area contributed by atoms with Gasteiger partial charge in [-0.15, -0.1) is 11.8 Å². The summed E-state index contributed by atoms with van der Waals surface area (Å²) in [5, 5.41) is 2.96. The molecule has 0 spiro atoms. The van der Waals surface area contributed by atoms with E-state index in [4.69, 9.17) is 0 Å². The maximum atomic E-state index is 14.1. The first kappa shape index (κ1) is 32.2. The van der Waals surface area contributed by atoms with Crippen LogP contribution in [0, 0.1) is 6.92 Å². The van der Waals surface area contributed by atoms with Crippen LogP contribution in [0.3, 0.4) is 0 Å². The number of carbonyl (C=O) groups is 2. The number of nitrogens with zero attached hydrogens (tertiary/aromatic N) is 2. The lowest BCUT2D eigenvalue weighted by molar-refractivity contribution is -0.139. The molecular formula is C32H41N3O4S2. The van der Waals surface area contributed by atoms with Crippen molar-refractivity contribution in [3.63, 3.8) is 0 Å². The molecule has 41 heavy (non-hydrogen) atoms. The maximum Gasteiger partial charge on any atom is 0.264 e. The number of amides is 2. The maximum absolute atomic E-state index is 14.1. The zero-order chi connectivity index (χ0) is 29.8. The second kappa shape index (κ2) is 15.6. The molecule has 7 nitrogen and oxygen atoms in total. The Morgan fingerprint density at radius 1 is 0.927 bits per heavy atom. The van der Waals surface area contributed by atoms with Gasteiger partial charge in [0.25, 0.3) is 10.0 Å². The first-order valence-corrected chi connectivity index (χ1v) is 16.7. The molecule has 3 aromatic carbocycles. The third-order valence-electron chi connectivity index (χ3n) is 6.95. The van der Waals surface area contributed by atoms with Crippen molar-refractivity contribution in [2.75, 3.05) is 30.2 Å². The van der Waals surface area contributed by atoms with Gasteiger partial charge in [-0.3, -0.25) is 13.9 Å². The number of thioether (sulfide) groups is 1. The molecule has 3 aromatic rings. The largest absolute Gasteiger partial charge is 0.354 e. The highest BCUT2D eigenvalue weighted by Gasteiger charge is 2.33. The van der Waals surface area contributed by atoms with Gasteiger partial charge in [0.05, 0.1) is 10.6 Å². The van der Waals surface area contributed by atoms with E-state index >= 15 is 0 Å². The summed E-state index contributed by atoms with van der Waals surface area (Å²) in [5.74, 6) is -0.650. The van der Waals surface area contributed by atoms with Crippen molar-refractivity contribution in [2.45, 2.75) is 62.3 Å². The third kappa shape index (κ3) is 8.84. The summed E-state index contributed by atoms with van der Waals surface area (Å²) in [6.45, 7) is 6.23. The van der Waals surface area contributed by atoms with E-state index < -0.39 is 28.5 Å². The number of hydrogen-bond acceptors (Lipinski definition) is 5. The van der Waals surface area contributed by atoms with Crippen molar-refractivity contribution in [3.05, 3.63) is 90.0 Å². The predicted octanol–water partition coefficient (Wildman–Crippen LogP) is 5.68. The molecule has 0 aliphatic heterocycles. The lowest BCUT2D eigenvalue weighted by atomic mass is 10.1. The smallest absolute Gasteiger partial charge is 0.264 e. The first-order chi connectivity index (χ1) is 19.7. The lowest BCUT2D eigenvalue weighted by Gasteiger charge is -2.33. The fourth-order valence-electron chi connectivity index (χ4n) is 4.52. The van der Waals surface area contributed by atoms with Gasteiger partial charge in [0.15, 0.2) is 0 Å². The van der Waals surface area contributed by atoms with Crippen molar-refractivity contribution in [2.24, 2.45) is 0 Å². The molecule has 0 fully saturated rings. The minimum Gasteiger partial charge on any atom is -0.354 e. The second-order valence-corrected chi connectivity index (χ2v) is 12.7. The Morgan fingerprint density at radius 2 is 1.59 bits per heavy atom. The molecule has 0 aliphatic carbocycles. The van der Waals surface area contributed by atoms with Crippen molar-refractivity contribution in [3.8, 4) is 0 Å². The monoisotopic (exact) mass is 595 g/mol. The van der Waals surface area contributed by atoms with Crippen LogP contribution in [0.5, 0.6) is 0 Å². The summed E-state index contributed by atoms with van der Waals surface area (Å²) < 4.78 is 29.1. The van der Waals surface area contributed by atoms with Crippen molar-refractivity contribution >= 4 is 39.3 Å². The Labute approximate surface area is 249 Å². The van der Waals surface area contributed by atoms with E-state index in [9.17, 15) is 18.0 Å². The highest BCUT2D eigenvalue weighted by molar-refractivity contribution is 7.98. The zero-order valence-corrected chi connectivity index (χ0v) is 26.0. The second-order valence-electron chi connectivity index (χ2n) is 9.91. The summed E-state index contributed by atoms with van der Waals surface area (Å²) in [5.41, 5.74) is 2.39. The number of anilines is 1. The molecule has 0 aromatic heterocycles. The molecule has 220 valence electrons. The molecule has 1 N–H and O–H groups in total. The number of sulfonamides is 1. The molecule has 0 saturated heterocycles. The van der Waals surface area contributed by atoms with Gasteiger partial charge >= 0.3 is 0 Å². The van der Waals surface area contributed by atoms with Crippen molar-refractivity contribution in [1.29, 1.82) is 0 Å². The van der Waals surface area contributed by atoms with E-state index in [1.165, 1.54) is 11.8 Å². The first-order valence-electron chi connectivity index (χ1n) is 14.1. The molecule has 2 amide bonds. The number of hydrogen-bond donors (Lipinski definition) is 1. The lowest BCUT2D eigenvalue weighted by Crippen LogP contribution is -2.53. The fourth-order valence-corrected chi connectivity index (χ4v) is 6.34. The molecular weight excluding hydrogens is 555 g/mol. The van der Waals surface area contributed by atoms with E-state index in [0.717, 1.165) is 33.2 Å². The summed E-state index contributed by atoms with van der Waals surface area (Å²) in [6, 6.07) is 22.7. The number of benzene rings is 3. The Bertz CT molecular complexity index is 1360. The zero-order valence-electron chi connectivity index (χ0n) is 24.4.